The summed E-state index contributed by atoms with van der Waals surface area (Å²) in [5, 5.41) is 0. The van der Waals surface area contributed by atoms with Crippen molar-refractivity contribution in [3.05, 3.63) is 0 Å². The molecular weight excluding hydrogens is 156 g/mol. The van der Waals surface area contributed by atoms with Crippen molar-refractivity contribution < 1.29 is 0 Å². The minimum absolute atomic E-state index is 0.625. The molecule has 0 bridgehead atoms. The molecule has 2 atom stereocenters. The molecular formula is C13H26. The lowest BCUT2D eigenvalue weighted by atomic mass is 9.63. The Kier molecular flexibility index (Phi) is 3.82. The van der Waals surface area contributed by atoms with Gasteiger partial charge in [0.2, 0.25) is 0 Å². The maximum Gasteiger partial charge on any atom is -0.0300 e. The van der Waals surface area contributed by atoms with Crippen molar-refractivity contribution in [2.75, 3.05) is 0 Å². The molecule has 13 heavy (non-hydrogen) atoms. The minimum Gasteiger partial charge on any atom is -0.0649 e. The third-order valence-corrected chi connectivity index (χ3v) is 4.62. The summed E-state index contributed by atoms with van der Waals surface area (Å²) in [5.74, 6) is 1.97. The zero-order chi connectivity index (χ0) is 9.90. The highest BCUT2D eigenvalue weighted by molar-refractivity contribution is 4.85. The lowest BCUT2D eigenvalue weighted by Crippen LogP contribution is -2.33. The van der Waals surface area contributed by atoms with Crippen LogP contribution in [0.3, 0.4) is 0 Å². The highest BCUT2D eigenvalue weighted by Crippen LogP contribution is 2.45. The maximum absolute atomic E-state index is 2.50. The van der Waals surface area contributed by atoms with E-state index in [0.29, 0.717) is 5.41 Å². The predicted molar refractivity (Wildman–Crippen MR) is 59.8 cm³/mol. The van der Waals surface area contributed by atoms with Gasteiger partial charge in [0.15, 0.2) is 0 Å². The molecule has 78 valence electrons. The van der Waals surface area contributed by atoms with Crippen LogP contribution in [0.5, 0.6) is 0 Å². The smallest absolute Gasteiger partial charge is 0.0300 e. The van der Waals surface area contributed by atoms with E-state index in [1.165, 1.54) is 38.5 Å². The molecule has 1 unspecified atom stereocenters. The second-order valence-electron chi connectivity index (χ2n) is 5.23. The fourth-order valence-electron chi connectivity index (χ4n) is 3.13. The first-order chi connectivity index (χ1) is 6.14. The van der Waals surface area contributed by atoms with Gasteiger partial charge in [-0.2, -0.15) is 0 Å². The Morgan fingerprint density at radius 3 is 2.08 bits per heavy atom. The maximum atomic E-state index is 2.50. The predicted octanol–water partition coefficient (Wildman–Crippen LogP) is 4.64. The fourth-order valence-corrected chi connectivity index (χ4v) is 3.13. The lowest BCUT2D eigenvalue weighted by molar-refractivity contribution is 0.0773. The van der Waals surface area contributed by atoms with Gasteiger partial charge in [-0.15, -0.1) is 0 Å². The van der Waals surface area contributed by atoms with E-state index in [1.807, 2.05) is 0 Å². The largest absolute Gasteiger partial charge is 0.0649 e. The Labute approximate surface area is 84.1 Å². The Morgan fingerprint density at radius 1 is 1.08 bits per heavy atom. The topological polar surface area (TPSA) is 0 Å². The van der Waals surface area contributed by atoms with Crippen molar-refractivity contribution in [1.29, 1.82) is 0 Å². The monoisotopic (exact) mass is 182 g/mol. The molecule has 0 heterocycles. The van der Waals surface area contributed by atoms with E-state index in [-0.39, 0.29) is 0 Å². The Bertz CT molecular complexity index is 144. The lowest BCUT2D eigenvalue weighted by Gasteiger charge is -2.43. The van der Waals surface area contributed by atoms with Crippen LogP contribution < -0.4 is 0 Å². The standard InChI is InChI=1S/C13H26/c1-5-13(4,6-2)12-10-8-7-9-11(12)3/h11-12H,5-10H2,1-4H3/t11?,12-/m1/s1. The molecule has 1 fully saturated rings. The van der Waals surface area contributed by atoms with Crippen LogP contribution in [0.2, 0.25) is 0 Å². The Morgan fingerprint density at radius 2 is 1.62 bits per heavy atom. The molecule has 0 aromatic carbocycles. The van der Waals surface area contributed by atoms with Crippen LogP contribution in [0.15, 0.2) is 0 Å². The molecule has 1 rings (SSSR count). The van der Waals surface area contributed by atoms with Gasteiger partial charge < -0.3 is 0 Å². The number of hydrogen-bond acceptors (Lipinski definition) is 0. The van der Waals surface area contributed by atoms with Crippen LogP contribution in [-0.2, 0) is 0 Å². The second kappa shape index (κ2) is 4.48. The first kappa shape index (κ1) is 11.1. The first-order valence-electron chi connectivity index (χ1n) is 6.14. The van der Waals surface area contributed by atoms with Crippen LogP contribution in [0, 0.1) is 17.3 Å². The third-order valence-electron chi connectivity index (χ3n) is 4.62. The molecule has 0 spiro atoms. The fraction of sp³-hybridized carbons (Fsp3) is 1.00. The van der Waals surface area contributed by atoms with Crippen LogP contribution in [0.1, 0.15) is 66.2 Å². The van der Waals surface area contributed by atoms with Crippen molar-refractivity contribution in [3.8, 4) is 0 Å². The quantitative estimate of drug-likeness (QED) is 0.596. The van der Waals surface area contributed by atoms with Crippen molar-refractivity contribution in [3.63, 3.8) is 0 Å². The van der Waals surface area contributed by atoms with Gasteiger partial charge in [0.25, 0.3) is 0 Å². The third kappa shape index (κ3) is 2.27. The van der Waals surface area contributed by atoms with Gasteiger partial charge in [-0.25, -0.2) is 0 Å². The van der Waals surface area contributed by atoms with E-state index in [0.717, 1.165) is 11.8 Å². The summed E-state index contributed by atoms with van der Waals surface area (Å²) in [7, 11) is 0. The van der Waals surface area contributed by atoms with Crippen molar-refractivity contribution >= 4 is 0 Å². The van der Waals surface area contributed by atoms with Crippen LogP contribution >= 0.6 is 0 Å². The zero-order valence-electron chi connectivity index (χ0n) is 9.90. The van der Waals surface area contributed by atoms with E-state index < -0.39 is 0 Å². The zero-order valence-corrected chi connectivity index (χ0v) is 9.90. The summed E-state index contributed by atoms with van der Waals surface area (Å²) in [4.78, 5) is 0. The summed E-state index contributed by atoms with van der Waals surface area (Å²) in [6.07, 6.45) is 8.63. The Hall–Kier alpha value is 0. The first-order valence-corrected chi connectivity index (χ1v) is 6.14. The average molecular weight is 182 g/mol. The summed E-state index contributed by atoms with van der Waals surface area (Å²) in [5.41, 5.74) is 0.625. The molecule has 0 radical (unpaired) electrons. The van der Waals surface area contributed by atoms with E-state index in [1.54, 1.807) is 0 Å². The average Bonchev–Trinajstić information content (AvgIpc) is 2.17. The molecule has 0 saturated heterocycles. The highest BCUT2D eigenvalue weighted by Gasteiger charge is 2.35. The van der Waals surface area contributed by atoms with Gasteiger partial charge in [-0.05, 0) is 23.7 Å². The van der Waals surface area contributed by atoms with Crippen LogP contribution in [-0.4, -0.2) is 0 Å². The number of rotatable bonds is 3. The molecule has 1 saturated carbocycles. The van der Waals surface area contributed by atoms with Crippen molar-refractivity contribution in [1.82, 2.24) is 0 Å². The molecule has 0 amide bonds. The van der Waals surface area contributed by atoms with E-state index in [2.05, 4.69) is 27.7 Å². The molecule has 0 aromatic heterocycles. The minimum atomic E-state index is 0.625. The second-order valence-corrected chi connectivity index (χ2v) is 5.23. The number of hydrogen-bond donors (Lipinski definition) is 0. The Balaban J connectivity index is 2.65. The molecule has 0 aliphatic heterocycles. The van der Waals surface area contributed by atoms with Gasteiger partial charge in [0, 0.05) is 0 Å². The van der Waals surface area contributed by atoms with E-state index in [9.17, 15) is 0 Å². The highest BCUT2D eigenvalue weighted by atomic mass is 14.4. The molecule has 0 nitrogen and oxygen atoms in total. The molecule has 0 N–H and O–H groups in total. The van der Waals surface area contributed by atoms with Gasteiger partial charge in [0.1, 0.15) is 0 Å². The normalized spacial score (nSPS) is 30.5. The van der Waals surface area contributed by atoms with Gasteiger partial charge in [0.05, 0.1) is 0 Å². The summed E-state index contributed by atoms with van der Waals surface area (Å²) in [6, 6.07) is 0. The van der Waals surface area contributed by atoms with Gasteiger partial charge in [-0.1, -0.05) is 59.8 Å². The molecule has 1 aliphatic carbocycles. The SMILES string of the molecule is CCC(C)(CC)[C@@H]1CCCCC1C. The van der Waals surface area contributed by atoms with Crippen molar-refractivity contribution in [2.24, 2.45) is 17.3 Å². The van der Waals surface area contributed by atoms with Gasteiger partial charge in [-0.3, -0.25) is 0 Å². The van der Waals surface area contributed by atoms with Crippen LogP contribution in [0.25, 0.3) is 0 Å². The summed E-state index contributed by atoms with van der Waals surface area (Å²) in [6.45, 7) is 9.70. The van der Waals surface area contributed by atoms with Crippen molar-refractivity contribution in [2.45, 2.75) is 66.2 Å². The summed E-state index contributed by atoms with van der Waals surface area (Å²) >= 11 is 0. The molecule has 0 heteroatoms. The van der Waals surface area contributed by atoms with E-state index >= 15 is 0 Å². The van der Waals surface area contributed by atoms with Gasteiger partial charge >= 0.3 is 0 Å². The van der Waals surface area contributed by atoms with E-state index in [4.69, 9.17) is 0 Å². The molecule has 1 aliphatic rings. The summed E-state index contributed by atoms with van der Waals surface area (Å²) < 4.78 is 0. The van der Waals surface area contributed by atoms with Crippen LogP contribution in [0.4, 0.5) is 0 Å². The molecule has 0 aromatic rings.